The van der Waals surface area contributed by atoms with Gasteiger partial charge in [-0.15, -0.1) is 0 Å². The standard InChI is InChI=1S/C16H23N3S/c1-3-17-16-18-14-5-4-13(10-15(14)20-16)11-19-8-6-12(2)7-9-19/h4-5,10,12H,3,6-9,11H2,1-2H3,(H,17,18). The monoisotopic (exact) mass is 289 g/mol. The maximum Gasteiger partial charge on any atom is 0.183 e. The van der Waals surface area contributed by atoms with E-state index in [0.717, 1.165) is 29.7 Å². The Morgan fingerprint density at radius 1 is 1.35 bits per heavy atom. The van der Waals surface area contributed by atoms with Crippen molar-refractivity contribution in [3.63, 3.8) is 0 Å². The zero-order chi connectivity index (χ0) is 13.9. The molecular weight excluding hydrogens is 266 g/mol. The molecule has 0 amide bonds. The molecule has 20 heavy (non-hydrogen) atoms. The Bertz CT molecular complexity index is 570. The van der Waals surface area contributed by atoms with E-state index in [2.05, 4.69) is 47.2 Å². The van der Waals surface area contributed by atoms with Crippen molar-refractivity contribution < 1.29 is 0 Å². The summed E-state index contributed by atoms with van der Waals surface area (Å²) in [6.45, 7) is 8.96. The molecule has 3 rings (SSSR count). The van der Waals surface area contributed by atoms with Gasteiger partial charge in [-0.05, 0) is 56.5 Å². The predicted octanol–water partition coefficient (Wildman–Crippen LogP) is 3.96. The number of nitrogens with one attached hydrogen (secondary N) is 1. The molecule has 0 saturated carbocycles. The second-order valence-electron chi connectivity index (χ2n) is 5.81. The van der Waals surface area contributed by atoms with Gasteiger partial charge < -0.3 is 5.32 Å². The Kier molecular flexibility index (Phi) is 4.22. The lowest BCUT2D eigenvalue weighted by Gasteiger charge is -2.30. The van der Waals surface area contributed by atoms with Crippen molar-refractivity contribution in [3.05, 3.63) is 23.8 Å². The number of hydrogen-bond acceptors (Lipinski definition) is 4. The first-order chi connectivity index (χ1) is 9.74. The second kappa shape index (κ2) is 6.10. The third-order valence-corrected chi connectivity index (χ3v) is 5.04. The van der Waals surface area contributed by atoms with E-state index in [9.17, 15) is 0 Å². The van der Waals surface area contributed by atoms with Crippen LogP contribution >= 0.6 is 11.3 Å². The van der Waals surface area contributed by atoms with E-state index in [4.69, 9.17) is 0 Å². The summed E-state index contributed by atoms with van der Waals surface area (Å²) in [5.41, 5.74) is 2.53. The summed E-state index contributed by atoms with van der Waals surface area (Å²) in [6.07, 6.45) is 2.68. The third-order valence-electron chi connectivity index (χ3n) is 4.06. The van der Waals surface area contributed by atoms with Crippen LogP contribution in [0.4, 0.5) is 5.13 Å². The smallest absolute Gasteiger partial charge is 0.183 e. The molecule has 1 aliphatic heterocycles. The van der Waals surface area contributed by atoms with Crippen LogP contribution in [0.1, 0.15) is 32.3 Å². The Morgan fingerprint density at radius 2 is 2.15 bits per heavy atom. The van der Waals surface area contributed by atoms with Crippen LogP contribution in [-0.4, -0.2) is 29.5 Å². The Hall–Kier alpha value is -1.13. The van der Waals surface area contributed by atoms with Crippen LogP contribution in [0.15, 0.2) is 18.2 Å². The maximum absolute atomic E-state index is 4.59. The highest BCUT2D eigenvalue weighted by atomic mass is 32.1. The minimum Gasteiger partial charge on any atom is -0.362 e. The van der Waals surface area contributed by atoms with Crippen LogP contribution in [0.3, 0.4) is 0 Å². The number of rotatable bonds is 4. The van der Waals surface area contributed by atoms with Gasteiger partial charge in [0.15, 0.2) is 5.13 Å². The highest BCUT2D eigenvalue weighted by molar-refractivity contribution is 7.22. The van der Waals surface area contributed by atoms with Crippen LogP contribution in [0.5, 0.6) is 0 Å². The molecule has 0 unspecified atom stereocenters. The van der Waals surface area contributed by atoms with E-state index < -0.39 is 0 Å². The highest BCUT2D eigenvalue weighted by Crippen LogP contribution is 2.27. The van der Waals surface area contributed by atoms with Gasteiger partial charge in [0.05, 0.1) is 10.2 Å². The maximum atomic E-state index is 4.59. The molecule has 4 heteroatoms. The molecule has 1 aromatic carbocycles. The lowest BCUT2D eigenvalue weighted by atomic mass is 9.99. The van der Waals surface area contributed by atoms with Crippen molar-refractivity contribution in [2.45, 2.75) is 33.2 Å². The first-order valence-corrected chi connectivity index (χ1v) is 8.42. The summed E-state index contributed by atoms with van der Waals surface area (Å²) < 4.78 is 1.30. The molecule has 1 aliphatic rings. The fourth-order valence-electron chi connectivity index (χ4n) is 2.77. The van der Waals surface area contributed by atoms with Gasteiger partial charge in [0, 0.05) is 13.1 Å². The minimum absolute atomic E-state index is 0.901. The molecule has 1 saturated heterocycles. The van der Waals surface area contributed by atoms with E-state index in [1.807, 2.05) is 0 Å². The highest BCUT2D eigenvalue weighted by Gasteiger charge is 2.16. The van der Waals surface area contributed by atoms with E-state index >= 15 is 0 Å². The van der Waals surface area contributed by atoms with Crippen LogP contribution < -0.4 is 5.32 Å². The van der Waals surface area contributed by atoms with Gasteiger partial charge in [-0.2, -0.15) is 0 Å². The molecule has 2 heterocycles. The van der Waals surface area contributed by atoms with Crippen molar-refractivity contribution in [1.29, 1.82) is 0 Å². The first kappa shape index (κ1) is 13.8. The molecule has 0 aliphatic carbocycles. The summed E-state index contributed by atoms with van der Waals surface area (Å²) >= 11 is 1.76. The molecule has 1 aromatic heterocycles. The number of aromatic nitrogens is 1. The molecule has 1 fully saturated rings. The number of thiazole rings is 1. The summed E-state index contributed by atoms with van der Waals surface area (Å²) in [4.78, 5) is 7.17. The number of anilines is 1. The van der Waals surface area contributed by atoms with Crippen LogP contribution in [0, 0.1) is 5.92 Å². The van der Waals surface area contributed by atoms with E-state index in [0.29, 0.717) is 0 Å². The van der Waals surface area contributed by atoms with Gasteiger partial charge in [0.2, 0.25) is 0 Å². The zero-order valence-electron chi connectivity index (χ0n) is 12.4. The van der Waals surface area contributed by atoms with Crippen LogP contribution in [0.25, 0.3) is 10.2 Å². The van der Waals surface area contributed by atoms with Crippen LogP contribution in [0.2, 0.25) is 0 Å². The van der Waals surface area contributed by atoms with Gasteiger partial charge in [0.25, 0.3) is 0 Å². The number of hydrogen-bond donors (Lipinski definition) is 1. The fraction of sp³-hybridized carbons (Fsp3) is 0.562. The van der Waals surface area contributed by atoms with Gasteiger partial charge in [-0.3, -0.25) is 4.90 Å². The van der Waals surface area contributed by atoms with Crippen molar-refractivity contribution in [3.8, 4) is 0 Å². The lowest BCUT2D eigenvalue weighted by Crippen LogP contribution is -2.32. The van der Waals surface area contributed by atoms with Crippen molar-refractivity contribution >= 4 is 26.7 Å². The molecule has 108 valence electrons. The average molecular weight is 289 g/mol. The van der Waals surface area contributed by atoms with Gasteiger partial charge in [-0.1, -0.05) is 24.3 Å². The molecule has 1 N–H and O–H groups in total. The van der Waals surface area contributed by atoms with E-state index in [-0.39, 0.29) is 0 Å². The molecule has 0 spiro atoms. The lowest BCUT2D eigenvalue weighted by molar-refractivity contribution is 0.185. The summed E-state index contributed by atoms with van der Waals surface area (Å²) in [5.74, 6) is 0.901. The molecule has 0 radical (unpaired) electrons. The Labute approximate surface area is 125 Å². The summed E-state index contributed by atoms with van der Waals surface area (Å²) in [6, 6.07) is 6.70. The fourth-order valence-corrected chi connectivity index (χ4v) is 3.77. The van der Waals surface area contributed by atoms with Gasteiger partial charge >= 0.3 is 0 Å². The summed E-state index contributed by atoms with van der Waals surface area (Å²) in [5, 5.41) is 4.33. The number of benzene rings is 1. The quantitative estimate of drug-likeness (QED) is 0.923. The van der Waals surface area contributed by atoms with Gasteiger partial charge in [-0.25, -0.2) is 4.98 Å². The van der Waals surface area contributed by atoms with E-state index in [1.54, 1.807) is 11.3 Å². The minimum atomic E-state index is 0.901. The molecular formula is C16H23N3S. The number of nitrogens with zero attached hydrogens (tertiary/aromatic N) is 2. The topological polar surface area (TPSA) is 28.2 Å². The van der Waals surface area contributed by atoms with Crippen molar-refractivity contribution in [1.82, 2.24) is 9.88 Å². The van der Waals surface area contributed by atoms with E-state index in [1.165, 1.54) is 36.2 Å². The largest absolute Gasteiger partial charge is 0.362 e. The van der Waals surface area contributed by atoms with Gasteiger partial charge in [0.1, 0.15) is 0 Å². The Morgan fingerprint density at radius 3 is 2.90 bits per heavy atom. The summed E-state index contributed by atoms with van der Waals surface area (Å²) in [7, 11) is 0. The SMILES string of the molecule is CCNc1nc2ccc(CN3CCC(C)CC3)cc2s1. The molecule has 0 bridgehead atoms. The average Bonchev–Trinajstić information content (AvgIpc) is 2.83. The number of likely N-dealkylation sites (tertiary alicyclic amines) is 1. The van der Waals surface area contributed by atoms with Crippen molar-refractivity contribution in [2.24, 2.45) is 5.92 Å². The Balaban J connectivity index is 1.72. The number of fused-ring (bicyclic) bond motifs is 1. The first-order valence-electron chi connectivity index (χ1n) is 7.60. The normalized spacial score (nSPS) is 17.7. The molecule has 2 aromatic rings. The predicted molar refractivity (Wildman–Crippen MR) is 87.5 cm³/mol. The van der Waals surface area contributed by atoms with Crippen LogP contribution in [-0.2, 0) is 6.54 Å². The molecule has 3 nitrogen and oxygen atoms in total. The zero-order valence-corrected chi connectivity index (χ0v) is 13.2. The third kappa shape index (κ3) is 3.13. The van der Waals surface area contributed by atoms with Crippen molar-refractivity contribution in [2.75, 3.05) is 25.0 Å². The molecule has 0 atom stereocenters. The second-order valence-corrected chi connectivity index (χ2v) is 6.84. The number of piperidine rings is 1.